The summed E-state index contributed by atoms with van der Waals surface area (Å²) in [6.07, 6.45) is 5.67. The normalized spacial score (nSPS) is 26.7. The Kier molecular flexibility index (Phi) is 6.99. The van der Waals surface area contributed by atoms with E-state index in [1.54, 1.807) is 0 Å². The SMILES string of the molecule is O=C(NCC1(N2CCOCC2)CCOCC1)c1ccc2[nH]nc(-c3ccc(N4[C@@H]5CC[C@H]4C[C@@H](O)C5)cc3)c2c1. The van der Waals surface area contributed by atoms with Gasteiger partial charge in [-0.3, -0.25) is 14.8 Å². The number of aliphatic hydroxyl groups excluding tert-OH is 1. The number of aromatic nitrogens is 2. The van der Waals surface area contributed by atoms with Crippen molar-refractivity contribution in [3.63, 3.8) is 0 Å². The third kappa shape index (κ3) is 4.79. The van der Waals surface area contributed by atoms with Crippen LogP contribution in [0.2, 0.25) is 0 Å². The number of aliphatic hydroxyl groups is 1. The minimum absolute atomic E-state index is 0.0636. The Bertz CT molecular complexity index is 1330. The lowest BCUT2D eigenvalue weighted by Gasteiger charge is -2.47. The van der Waals surface area contributed by atoms with E-state index < -0.39 is 0 Å². The van der Waals surface area contributed by atoms with Crippen molar-refractivity contribution in [2.24, 2.45) is 0 Å². The van der Waals surface area contributed by atoms with Crippen LogP contribution >= 0.6 is 0 Å². The lowest BCUT2D eigenvalue weighted by molar-refractivity contribution is -0.0693. The second-order valence-electron chi connectivity index (χ2n) is 11.9. The van der Waals surface area contributed by atoms with Crippen LogP contribution in [-0.4, -0.2) is 95.9 Å². The van der Waals surface area contributed by atoms with Gasteiger partial charge in [0.05, 0.1) is 30.5 Å². The van der Waals surface area contributed by atoms with Crippen LogP contribution in [0.3, 0.4) is 0 Å². The number of hydrogen-bond acceptors (Lipinski definition) is 7. The number of nitrogens with one attached hydrogen (secondary N) is 2. The van der Waals surface area contributed by atoms with Crippen LogP contribution in [0.15, 0.2) is 42.5 Å². The van der Waals surface area contributed by atoms with Gasteiger partial charge in [-0.1, -0.05) is 12.1 Å². The first-order chi connectivity index (χ1) is 19.6. The highest BCUT2D eigenvalue weighted by molar-refractivity contribution is 6.01. The molecule has 5 heterocycles. The number of ether oxygens (including phenoxy) is 2. The van der Waals surface area contributed by atoms with Crippen molar-refractivity contribution < 1.29 is 19.4 Å². The predicted molar refractivity (Wildman–Crippen MR) is 154 cm³/mol. The summed E-state index contributed by atoms with van der Waals surface area (Å²) in [7, 11) is 0. The summed E-state index contributed by atoms with van der Waals surface area (Å²) >= 11 is 0. The van der Waals surface area contributed by atoms with Crippen LogP contribution in [0, 0.1) is 0 Å². The minimum Gasteiger partial charge on any atom is -0.393 e. The fourth-order valence-corrected chi connectivity index (χ4v) is 7.48. The number of carbonyl (C=O) groups excluding carboxylic acids is 1. The van der Waals surface area contributed by atoms with Crippen LogP contribution in [0.5, 0.6) is 0 Å². The number of morpholine rings is 1. The van der Waals surface area contributed by atoms with E-state index in [4.69, 9.17) is 9.47 Å². The third-order valence-electron chi connectivity index (χ3n) is 9.66. The molecule has 4 fully saturated rings. The highest BCUT2D eigenvalue weighted by Crippen LogP contribution is 2.40. The van der Waals surface area contributed by atoms with E-state index in [0.717, 1.165) is 100 Å². The number of benzene rings is 2. The Morgan fingerprint density at radius 2 is 1.70 bits per heavy atom. The molecule has 0 radical (unpaired) electrons. The fourth-order valence-electron chi connectivity index (χ4n) is 7.48. The minimum atomic E-state index is -0.170. The van der Waals surface area contributed by atoms with Crippen LogP contribution in [0.1, 0.15) is 48.9 Å². The van der Waals surface area contributed by atoms with Gasteiger partial charge in [-0.15, -0.1) is 0 Å². The van der Waals surface area contributed by atoms with E-state index in [-0.39, 0.29) is 17.6 Å². The summed E-state index contributed by atoms with van der Waals surface area (Å²) < 4.78 is 11.3. The summed E-state index contributed by atoms with van der Waals surface area (Å²) in [5.41, 5.74) is 4.54. The average molecular weight is 546 g/mol. The first-order valence-electron chi connectivity index (χ1n) is 14.8. The standard InChI is InChI=1S/C31H39N5O4/c37-26-18-24-6-7-25(19-26)36(24)23-4-1-21(2-5-23)29-27-17-22(3-8-28(27)33-34-29)30(38)32-20-31(9-13-39-14-10-31)35-11-15-40-16-12-35/h1-5,8,17,24-26,37H,6-7,9-16,18-20H2,(H,32,38)(H,33,34)/t24-,25+,26+. The molecule has 9 heteroatoms. The van der Waals surface area contributed by atoms with Crippen molar-refractivity contribution in [3.05, 3.63) is 48.0 Å². The molecule has 0 unspecified atom stereocenters. The molecule has 3 N–H and O–H groups in total. The Balaban J connectivity index is 1.09. The number of carbonyl (C=O) groups is 1. The topological polar surface area (TPSA) is 103 Å². The summed E-state index contributed by atoms with van der Waals surface area (Å²) in [6, 6.07) is 15.2. The molecule has 4 aliphatic rings. The van der Waals surface area contributed by atoms with Gasteiger partial charge in [-0.25, -0.2) is 0 Å². The molecule has 7 rings (SSSR count). The Labute approximate surface area is 234 Å². The molecule has 2 bridgehead atoms. The summed E-state index contributed by atoms with van der Waals surface area (Å²) in [5.74, 6) is -0.0636. The van der Waals surface area contributed by atoms with E-state index >= 15 is 0 Å². The highest BCUT2D eigenvalue weighted by Gasteiger charge is 2.41. The molecule has 4 aliphatic heterocycles. The molecule has 4 saturated heterocycles. The zero-order chi connectivity index (χ0) is 27.1. The van der Waals surface area contributed by atoms with Crippen LogP contribution in [0.4, 0.5) is 5.69 Å². The molecule has 3 aromatic rings. The van der Waals surface area contributed by atoms with Gasteiger partial charge in [-0.2, -0.15) is 5.10 Å². The number of piperidine rings is 1. The lowest BCUT2D eigenvalue weighted by Crippen LogP contribution is -2.61. The molecular formula is C31H39N5O4. The van der Waals surface area contributed by atoms with Crippen molar-refractivity contribution in [2.45, 2.75) is 62.3 Å². The Hall–Kier alpha value is -2.98. The number of aromatic amines is 1. The molecule has 9 nitrogen and oxygen atoms in total. The van der Waals surface area contributed by atoms with Gasteiger partial charge in [0.1, 0.15) is 0 Å². The maximum absolute atomic E-state index is 13.4. The van der Waals surface area contributed by atoms with E-state index in [1.165, 1.54) is 5.69 Å². The number of anilines is 1. The molecule has 1 amide bonds. The van der Waals surface area contributed by atoms with Crippen molar-refractivity contribution in [2.75, 3.05) is 51.0 Å². The third-order valence-corrected chi connectivity index (χ3v) is 9.66. The molecule has 40 heavy (non-hydrogen) atoms. The molecular weight excluding hydrogens is 506 g/mol. The van der Waals surface area contributed by atoms with Gasteiger partial charge >= 0.3 is 0 Å². The van der Waals surface area contributed by atoms with Crippen molar-refractivity contribution in [1.29, 1.82) is 0 Å². The summed E-state index contributed by atoms with van der Waals surface area (Å²) in [5, 5.41) is 22.1. The quantitative estimate of drug-likeness (QED) is 0.437. The fraction of sp³-hybridized carbons (Fsp3) is 0.548. The van der Waals surface area contributed by atoms with Gasteiger partial charge in [0.2, 0.25) is 0 Å². The number of amides is 1. The molecule has 212 valence electrons. The zero-order valence-corrected chi connectivity index (χ0v) is 23.0. The molecule has 3 atom stereocenters. The lowest BCUT2D eigenvalue weighted by atomic mass is 9.87. The predicted octanol–water partition coefficient (Wildman–Crippen LogP) is 3.33. The van der Waals surface area contributed by atoms with Gasteiger partial charge in [0.15, 0.2) is 0 Å². The second-order valence-corrected chi connectivity index (χ2v) is 11.9. The largest absolute Gasteiger partial charge is 0.393 e. The Morgan fingerprint density at radius 3 is 2.42 bits per heavy atom. The van der Waals surface area contributed by atoms with Crippen molar-refractivity contribution in [3.8, 4) is 11.3 Å². The first kappa shape index (κ1) is 26.0. The maximum atomic E-state index is 13.4. The van der Waals surface area contributed by atoms with Gasteiger partial charge in [-0.05, 0) is 68.9 Å². The number of nitrogens with zero attached hydrogens (tertiary/aromatic N) is 3. The van der Waals surface area contributed by atoms with Crippen LogP contribution < -0.4 is 10.2 Å². The monoisotopic (exact) mass is 545 g/mol. The van der Waals surface area contributed by atoms with Crippen molar-refractivity contribution in [1.82, 2.24) is 20.4 Å². The number of H-pyrrole nitrogens is 1. The summed E-state index contributed by atoms with van der Waals surface area (Å²) in [6.45, 7) is 5.29. The molecule has 2 aromatic carbocycles. The number of rotatable bonds is 6. The van der Waals surface area contributed by atoms with E-state index in [1.807, 2.05) is 18.2 Å². The molecule has 0 aliphatic carbocycles. The van der Waals surface area contributed by atoms with Crippen LogP contribution in [-0.2, 0) is 9.47 Å². The zero-order valence-electron chi connectivity index (χ0n) is 23.0. The first-order valence-corrected chi connectivity index (χ1v) is 14.8. The molecule has 1 aromatic heterocycles. The smallest absolute Gasteiger partial charge is 0.251 e. The van der Waals surface area contributed by atoms with E-state index in [0.29, 0.717) is 24.2 Å². The Morgan fingerprint density at radius 1 is 1.00 bits per heavy atom. The van der Waals surface area contributed by atoms with Gasteiger partial charge in [0.25, 0.3) is 5.91 Å². The van der Waals surface area contributed by atoms with Crippen molar-refractivity contribution >= 4 is 22.5 Å². The van der Waals surface area contributed by atoms with Crippen LogP contribution in [0.25, 0.3) is 22.2 Å². The highest BCUT2D eigenvalue weighted by atomic mass is 16.5. The molecule has 0 spiro atoms. The van der Waals surface area contributed by atoms with Gasteiger partial charge < -0.3 is 24.8 Å². The number of fused-ring (bicyclic) bond motifs is 3. The number of hydrogen-bond donors (Lipinski definition) is 3. The van der Waals surface area contributed by atoms with E-state index in [2.05, 4.69) is 49.6 Å². The van der Waals surface area contributed by atoms with E-state index in [9.17, 15) is 9.90 Å². The molecule has 0 saturated carbocycles. The maximum Gasteiger partial charge on any atom is 0.251 e. The van der Waals surface area contributed by atoms with Gasteiger partial charge in [0, 0.05) is 72.7 Å². The average Bonchev–Trinajstić information content (AvgIpc) is 3.55. The second kappa shape index (κ2) is 10.8. The summed E-state index contributed by atoms with van der Waals surface area (Å²) in [4.78, 5) is 18.4.